The molecule has 3 aromatic rings. The molecule has 0 spiro atoms. The predicted octanol–water partition coefficient (Wildman–Crippen LogP) is 6.53. The molecular formula is C23H19BrClFN2O3. The fraction of sp³-hybridized carbons (Fsp3) is 0.130. The lowest BCUT2D eigenvalue weighted by molar-refractivity contribution is 0.101. The number of hydrogen-bond acceptors (Lipinski definition) is 3. The minimum Gasteiger partial charge on any atom is -0.490 e. The molecule has 0 heterocycles. The van der Waals surface area contributed by atoms with Crippen molar-refractivity contribution in [3.63, 3.8) is 0 Å². The van der Waals surface area contributed by atoms with Gasteiger partial charge in [0.1, 0.15) is 11.6 Å². The van der Waals surface area contributed by atoms with E-state index < -0.39 is 11.7 Å². The lowest BCUT2D eigenvalue weighted by Crippen LogP contribution is -2.15. The fourth-order valence-electron chi connectivity index (χ4n) is 2.71. The third kappa shape index (κ3) is 6.06. The van der Waals surface area contributed by atoms with Gasteiger partial charge in [-0.25, -0.2) is 4.39 Å². The van der Waals surface area contributed by atoms with E-state index >= 15 is 0 Å². The summed E-state index contributed by atoms with van der Waals surface area (Å²) in [5.74, 6) is -0.678. The van der Waals surface area contributed by atoms with Gasteiger partial charge in [-0.05, 0) is 84.4 Å². The van der Waals surface area contributed by atoms with Crippen molar-refractivity contribution >= 4 is 50.7 Å². The van der Waals surface area contributed by atoms with Crippen LogP contribution in [0.5, 0.6) is 5.75 Å². The average molecular weight is 506 g/mol. The first kappa shape index (κ1) is 22.8. The van der Waals surface area contributed by atoms with Crippen LogP contribution in [-0.4, -0.2) is 17.9 Å². The van der Waals surface area contributed by atoms with Gasteiger partial charge in [-0.1, -0.05) is 17.7 Å². The standard InChI is InChI=1S/C23H19BrClFN2O3/c1-13(2)31-21-9-6-15(11-18(21)24)23(30)27-16-5-3-4-14(10-16)22(29)28-17-7-8-20(26)19(25)12-17/h3-13H,1-2H3,(H,27,30)(H,28,29). The van der Waals surface area contributed by atoms with Crippen LogP contribution in [0.3, 0.4) is 0 Å². The van der Waals surface area contributed by atoms with Gasteiger partial charge in [0.2, 0.25) is 0 Å². The van der Waals surface area contributed by atoms with Gasteiger partial charge in [0.15, 0.2) is 0 Å². The molecule has 5 nitrogen and oxygen atoms in total. The van der Waals surface area contributed by atoms with E-state index in [0.29, 0.717) is 32.7 Å². The minimum atomic E-state index is -0.570. The van der Waals surface area contributed by atoms with Gasteiger partial charge in [0.05, 0.1) is 15.6 Å². The molecule has 0 aromatic heterocycles. The molecule has 2 amide bonds. The highest BCUT2D eigenvalue weighted by Crippen LogP contribution is 2.27. The summed E-state index contributed by atoms with van der Waals surface area (Å²) in [7, 11) is 0. The number of rotatable bonds is 6. The summed E-state index contributed by atoms with van der Waals surface area (Å²) in [6.07, 6.45) is 0.01000. The lowest BCUT2D eigenvalue weighted by atomic mass is 10.1. The maximum absolute atomic E-state index is 13.3. The molecule has 31 heavy (non-hydrogen) atoms. The third-order valence-electron chi connectivity index (χ3n) is 4.12. The minimum absolute atomic E-state index is 0.01000. The Morgan fingerprint density at radius 2 is 1.58 bits per heavy atom. The molecule has 0 bridgehead atoms. The molecule has 3 rings (SSSR count). The highest BCUT2D eigenvalue weighted by molar-refractivity contribution is 9.10. The maximum Gasteiger partial charge on any atom is 0.255 e. The number of halogens is 3. The van der Waals surface area contributed by atoms with Gasteiger partial charge < -0.3 is 15.4 Å². The van der Waals surface area contributed by atoms with Gasteiger partial charge in [0.25, 0.3) is 11.8 Å². The average Bonchev–Trinajstić information content (AvgIpc) is 2.72. The highest BCUT2D eigenvalue weighted by Gasteiger charge is 2.13. The first-order chi connectivity index (χ1) is 14.7. The Bertz CT molecular complexity index is 1140. The lowest BCUT2D eigenvalue weighted by Gasteiger charge is -2.13. The molecule has 0 aliphatic heterocycles. The first-order valence-corrected chi connectivity index (χ1v) is 10.5. The molecule has 0 radical (unpaired) electrons. The molecule has 0 unspecified atom stereocenters. The third-order valence-corrected chi connectivity index (χ3v) is 5.03. The predicted molar refractivity (Wildman–Crippen MR) is 124 cm³/mol. The van der Waals surface area contributed by atoms with Crippen LogP contribution < -0.4 is 15.4 Å². The topological polar surface area (TPSA) is 67.4 Å². The Morgan fingerprint density at radius 1 is 0.935 bits per heavy atom. The zero-order valence-corrected chi connectivity index (χ0v) is 19.1. The normalized spacial score (nSPS) is 10.6. The van der Waals surface area contributed by atoms with Crippen LogP contribution in [0, 0.1) is 5.82 Å². The second kappa shape index (κ2) is 9.94. The zero-order valence-electron chi connectivity index (χ0n) is 16.7. The number of anilines is 2. The largest absolute Gasteiger partial charge is 0.490 e. The van der Waals surface area contributed by atoms with E-state index in [1.165, 1.54) is 18.2 Å². The SMILES string of the molecule is CC(C)Oc1ccc(C(=O)Nc2cccc(C(=O)Nc3ccc(F)c(Cl)c3)c2)cc1Br. The summed E-state index contributed by atoms with van der Waals surface area (Å²) in [4.78, 5) is 25.1. The Labute approximate surface area is 192 Å². The Balaban J connectivity index is 1.71. The van der Waals surface area contributed by atoms with Crippen LogP contribution in [0.4, 0.5) is 15.8 Å². The number of ether oxygens (including phenoxy) is 1. The number of nitrogens with one attached hydrogen (secondary N) is 2. The zero-order chi connectivity index (χ0) is 22.5. The van der Waals surface area contributed by atoms with Gasteiger partial charge in [-0.3, -0.25) is 9.59 Å². The van der Waals surface area contributed by atoms with E-state index in [-0.39, 0.29) is 17.0 Å². The molecule has 0 saturated carbocycles. The Kier molecular flexibility index (Phi) is 7.30. The van der Waals surface area contributed by atoms with Crippen molar-refractivity contribution in [1.82, 2.24) is 0 Å². The molecule has 0 fully saturated rings. The van der Waals surface area contributed by atoms with E-state index in [9.17, 15) is 14.0 Å². The molecular weight excluding hydrogens is 487 g/mol. The van der Waals surface area contributed by atoms with Crippen molar-refractivity contribution in [3.8, 4) is 5.75 Å². The number of carbonyl (C=O) groups is 2. The van der Waals surface area contributed by atoms with E-state index in [1.807, 2.05) is 13.8 Å². The van der Waals surface area contributed by atoms with Gasteiger partial charge in [-0.15, -0.1) is 0 Å². The molecule has 0 atom stereocenters. The summed E-state index contributed by atoms with van der Waals surface area (Å²) in [6.45, 7) is 3.84. The smallest absolute Gasteiger partial charge is 0.255 e. The van der Waals surface area contributed by atoms with E-state index in [0.717, 1.165) is 0 Å². The van der Waals surface area contributed by atoms with Crippen molar-refractivity contribution < 1.29 is 18.7 Å². The van der Waals surface area contributed by atoms with E-state index in [2.05, 4.69) is 26.6 Å². The second-order valence-electron chi connectivity index (χ2n) is 6.93. The van der Waals surface area contributed by atoms with Gasteiger partial charge in [-0.2, -0.15) is 0 Å². The van der Waals surface area contributed by atoms with Crippen molar-refractivity contribution in [1.29, 1.82) is 0 Å². The fourth-order valence-corrected chi connectivity index (χ4v) is 3.36. The summed E-state index contributed by atoms with van der Waals surface area (Å²) in [5.41, 5.74) is 1.56. The first-order valence-electron chi connectivity index (χ1n) is 9.37. The monoisotopic (exact) mass is 504 g/mol. The van der Waals surface area contributed by atoms with Crippen LogP contribution in [0.2, 0.25) is 5.02 Å². The summed E-state index contributed by atoms with van der Waals surface area (Å²) < 4.78 is 19.6. The van der Waals surface area contributed by atoms with Crippen molar-refractivity contribution in [3.05, 3.63) is 87.1 Å². The molecule has 0 aliphatic rings. The van der Waals surface area contributed by atoms with Gasteiger partial charge in [0, 0.05) is 22.5 Å². The van der Waals surface area contributed by atoms with Crippen LogP contribution in [0.15, 0.2) is 65.1 Å². The van der Waals surface area contributed by atoms with Gasteiger partial charge >= 0.3 is 0 Å². The quantitative estimate of drug-likeness (QED) is 0.400. The summed E-state index contributed by atoms with van der Waals surface area (Å²) >= 11 is 9.15. The van der Waals surface area contributed by atoms with Crippen molar-refractivity contribution in [2.24, 2.45) is 0 Å². The number of benzene rings is 3. The van der Waals surface area contributed by atoms with E-state index in [4.69, 9.17) is 16.3 Å². The number of carbonyl (C=O) groups excluding carboxylic acids is 2. The number of amides is 2. The molecule has 0 aliphatic carbocycles. The Morgan fingerprint density at radius 3 is 2.19 bits per heavy atom. The Hall–Kier alpha value is -2.90. The molecule has 3 aromatic carbocycles. The van der Waals surface area contributed by atoms with Crippen LogP contribution >= 0.6 is 27.5 Å². The highest BCUT2D eigenvalue weighted by atomic mass is 79.9. The summed E-state index contributed by atoms with van der Waals surface area (Å²) in [6, 6.07) is 15.4. The van der Waals surface area contributed by atoms with Crippen LogP contribution in [-0.2, 0) is 0 Å². The van der Waals surface area contributed by atoms with Crippen molar-refractivity contribution in [2.75, 3.05) is 10.6 Å². The van der Waals surface area contributed by atoms with Crippen molar-refractivity contribution in [2.45, 2.75) is 20.0 Å². The molecule has 0 saturated heterocycles. The second-order valence-corrected chi connectivity index (χ2v) is 8.19. The molecule has 2 N–H and O–H groups in total. The van der Waals surface area contributed by atoms with E-state index in [1.54, 1.807) is 42.5 Å². The van der Waals surface area contributed by atoms with Crippen LogP contribution in [0.25, 0.3) is 0 Å². The molecule has 160 valence electrons. The molecule has 8 heteroatoms. The maximum atomic E-state index is 13.3. The van der Waals surface area contributed by atoms with Crippen LogP contribution in [0.1, 0.15) is 34.6 Å². The summed E-state index contributed by atoms with van der Waals surface area (Å²) in [5, 5.41) is 5.33. The number of hydrogen-bond donors (Lipinski definition) is 2.